The second-order valence-electron chi connectivity index (χ2n) is 13.7. The first-order chi connectivity index (χ1) is 29.1. The fourth-order valence-electron chi connectivity index (χ4n) is 7.36. The number of nitrogens with zero attached hydrogens (tertiary/aromatic N) is 4. The zero-order valence-corrected chi connectivity index (χ0v) is 34.8. The summed E-state index contributed by atoms with van der Waals surface area (Å²) >= 11 is 0. The summed E-state index contributed by atoms with van der Waals surface area (Å²) in [4.78, 5) is 67.2. The van der Waals surface area contributed by atoms with Crippen molar-refractivity contribution < 1.29 is 58.7 Å². The van der Waals surface area contributed by atoms with E-state index in [1.54, 1.807) is 60.7 Å². The van der Waals surface area contributed by atoms with Gasteiger partial charge in [0.15, 0.2) is 0 Å². The maximum Gasteiger partial charge on any atom is 2.00 e. The van der Waals surface area contributed by atoms with Gasteiger partial charge >= 0.3 is 37.4 Å². The molecule has 290 valence electrons. The Kier molecular flexibility index (Phi) is 10.6. The number of carbonyl (C=O) groups is 4. The quantitative estimate of drug-likeness (QED) is 0.0923. The molecule has 0 radical (unpaired) electrons. The van der Waals surface area contributed by atoms with Gasteiger partial charge in [-0.1, -0.05) is 72.8 Å². The largest absolute Gasteiger partial charge is 2.00 e. The van der Waals surface area contributed by atoms with Crippen LogP contribution in [0.3, 0.4) is 0 Å². The molecule has 13 heteroatoms. The van der Waals surface area contributed by atoms with Crippen LogP contribution in [0.1, 0.15) is 53.8 Å². The molecular weight excluding hydrogens is 826 g/mol. The summed E-state index contributed by atoms with van der Waals surface area (Å²) in [6, 6.07) is 33.7. The van der Waals surface area contributed by atoms with Crippen molar-refractivity contribution >= 4 is 70.8 Å². The van der Waals surface area contributed by atoms with Gasteiger partial charge in [0.25, 0.3) is 6.47 Å². The van der Waals surface area contributed by atoms with E-state index >= 15 is 0 Å². The average molecular weight is 854 g/mol. The first kappa shape index (κ1) is 39.8. The molecule has 0 saturated carbocycles. The smallest absolute Gasteiger partial charge is 0.657 e. The number of hydrogen-bond acceptors (Lipinski definition) is 7. The maximum absolute atomic E-state index is 11.8. The molecule has 2 aliphatic rings. The second kappa shape index (κ2) is 16.3. The predicted molar refractivity (Wildman–Crippen MR) is 226 cm³/mol. The minimum absolute atomic E-state index is 0. The molecule has 61 heavy (non-hydrogen) atoms. The second-order valence-corrected chi connectivity index (χ2v) is 13.7. The molecule has 3 N–H and O–H groups in total. The standard InChI is InChI=1S/C48H30N4O8.Zn/c53-25-60-33-15-13-29(14-16-33)45-40-23-21-38(51-40)43(27-3-9-31(10-4-27)47(56)57)36-19-17-34(49-36)42(26-1-7-30(8-2-26)46(54)55)35-18-20-37(50-35)44(39-22-24-41(45)52-39)28-5-11-32(12-6-28)48(58)59;/h1-25H,(H5,49,50,51,52,54,55,56,57,58,59);/q;+2/p-2. The van der Waals surface area contributed by atoms with Gasteiger partial charge in [0.2, 0.25) is 0 Å². The van der Waals surface area contributed by atoms with Crippen LogP contribution >= 0.6 is 0 Å². The number of rotatable bonds is 9. The molecule has 12 nitrogen and oxygen atoms in total. The summed E-state index contributed by atoms with van der Waals surface area (Å²) in [7, 11) is 0. The predicted octanol–water partition coefficient (Wildman–Crippen LogP) is 9.21. The molecule has 8 bridgehead atoms. The van der Waals surface area contributed by atoms with Crippen molar-refractivity contribution in [3.05, 3.63) is 161 Å². The zero-order chi connectivity index (χ0) is 41.5. The summed E-state index contributed by atoms with van der Waals surface area (Å²) in [5.41, 5.74) is 9.89. The van der Waals surface area contributed by atoms with Crippen molar-refractivity contribution in [1.82, 2.24) is 19.9 Å². The van der Waals surface area contributed by atoms with Gasteiger partial charge in [-0.15, -0.1) is 22.1 Å². The third kappa shape index (κ3) is 7.57. The Balaban J connectivity index is 0.00000514. The van der Waals surface area contributed by atoms with Crippen molar-refractivity contribution in [2.75, 3.05) is 0 Å². The van der Waals surface area contributed by atoms with Crippen molar-refractivity contribution in [1.29, 1.82) is 0 Å². The number of carboxylic acid groups (broad SMARTS) is 3. The van der Waals surface area contributed by atoms with Crippen molar-refractivity contribution in [2.24, 2.45) is 0 Å². The van der Waals surface area contributed by atoms with Gasteiger partial charge in [-0.3, -0.25) is 4.79 Å². The summed E-state index contributed by atoms with van der Waals surface area (Å²) in [5.74, 6) is -2.85. The molecule has 0 aliphatic carbocycles. The molecule has 5 heterocycles. The van der Waals surface area contributed by atoms with E-state index < -0.39 is 17.9 Å². The number of benzene rings is 4. The summed E-state index contributed by atoms with van der Waals surface area (Å²) in [6.45, 7) is 0.354. The van der Waals surface area contributed by atoms with E-state index in [0.717, 1.165) is 5.56 Å². The van der Waals surface area contributed by atoms with Gasteiger partial charge < -0.3 is 30.0 Å². The van der Waals surface area contributed by atoms with Crippen LogP contribution < -0.4 is 14.7 Å². The number of carboxylic acids is 3. The Hall–Kier alpha value is -8.02. The summed E-state index contributed by atoms with van der Waals surface area (Å²) < 4.78 is 5.07. The van der Waals surface area contributed by atoms with Crippen LogP contribution in [-0.4, -0.2) is 49.7 Å². The summed E-state index contributed by atoms with van der Waals surface area (Å²) in [5, 5.41) is 29.0. The van der Waals surface area contributed by atoms with E-state index in [4.69, 9.17) is 24.7 Å². The molecule has 3 aromatic heterocycles. The minimum atomic E-state index is -1.07. The molecule has 9 rings (SSSR count). The van der Waals surface area contributed by atoms with Gasteiger partial charge in [-0.05, 0) is 117 Å². The first-order valence-corrected chi connectivity index (χ1v) is 18.4. The molecule has 4 aromatic carbocycles. The molecule has 0 spiro atoms. The van der Waals surface area contributed by atoms with Gasteiger partial charge in [-0.2, -0.15) is 0 Å². The van der Waals surface area contributed by atoms with Crippen molar-refractivity contribution in [2.45, 2.75) is 0 Å². The topological polar surface area (TPSA) is 192 Å². The number of aromatic carboxylic acids is 3. The number of ether oxygens (including phenoxy) is 1. The van der Waals surface area contributed by atoms with Gasteiger partial charge in [-0.25, -0.2) is 24.4 Å². The van der Waals surface area contributed by atoms with Crippen LogP contribution in [0, 0.1) is 0 Å². The zero-order valence-electron chi connectivity index (χ0n) is 31.8. The van der Waals surface area contributed by atoms with Gasteiger partial charge in [0, 0.05) is 0 Å². The van der Waals surface area contributed by atoms with Crippen LogP contribution in [0.15, 0.2) is 121 Å². The minimum Gasteiger partial charge on any atom is -0.657 e. The molecule has 0 fully saturated rings. The molecule has 7 aromatic rings. The Morgan fingerprint density at radius 3 is 0.934 bits per heavy atom. The molecule has 0 saturated heterocycles. The van der Waals surface area contributed by atoms with Crippen LogP contribution in [0.5, 0.6) is 5.75 Å². The van der Waals surface area contributed by atoms with Crippen LogP contribution in [0.25, 0.3) is 90.9 Å². The fraction of sp³-hybridized carbons (Fsp3) is 0. The maximum atomic E-state index is 11.8. The van der Waals surface area contributed by atoms with E-state index in [1.165, 1.54) is 36.4 Å². The molecule has 0 atom stereocenters. The molecule has 0 amide bonds. The number of aromatic nitrogens is 4. The Labute approximate surface area is 359 Å². The Morgan fingerprint density at radius 1 is 0.426 bits per heavy atom. The molecule has 2 aliphatic heterocycles. The van der Waals surface area contributed by atoms with Crippen LogP contribution in [0.2, 0.25) is 0 Å². The average Bonchev–Trinajstić information content (AvgIpc) is 4.10. The van der Waals surface area contributed by atoms with Gasteiger partial charge in [0.1, 0.15) is 5.75 Å². The van der Waals surface area contributed by atoms with Gasteiger partial charge in [0.05, 0.1) is 39.5 Å². The first-order valence-electron chi connectivity index (χ1n) is 18.4. The Bertz CT molecular complexity index is 3090. The normalized spacial score (nSPS) is 11.5. The SMILES string of the molecule is O=COc1ccc(-c2c3nc(c(-c4ccc(C(=O)O)cc4)c4ccc([n-]4)c(-c4ccc(C(=O)O)cc4)c4nc(c(-c5ccc(C(=O)O)cc5)c5ccc2[n-]5)C=C4)C=C3)cc1.[Zn+2]. The van der Waals surface area contributed by atoms with E-state index in [1.807, 2.05) is 48.6 Å². The van der Waals surface area contributed by atoms with E-state index in [9.17, 15) is 34.5 Å². The summed E-state index contributed by atoms with van der Waals surface area (Å²) in [6.07, 6.45) is 7.42. The third-order valence-electron chi connectivity index (χ3n) is 10.2. The molecular formula is C48H28N4O8Zn. The third-order valence-corrected chi connectivity index (χ3v) is 10.2. The van der Waals surface area contributed by atoms with E-state index in [-0.39, 0.29) is 36.2 Å². The van der Waals surface area contributed by atoms with E-state index in [0.29, 0.717) is 96.0 Å². The number of hydrogen-bond donors (Lipinski definition) is 3. The molecule has 0 unspecified atom stereocenters. The fourth-order valence-corrected chi connectivity index (χ4v) is 7.36. The number of carbonyl (C=O) groups excluding carboxylic acids is 1. The monoisotopic (exact) mass is 852 g/mol. The number of fused-ring (bicyclic) bond motifs is 8. The van der Waals surface area contributed by atoms with Crippen molar-refractivity contribution in [3.8, 4) is 50.3 Å². The van der Waals surface area contributed by atoms with Crippen molar-refractivity contribution in [3.63, 3.8) is 0 Å². The van der Waals surface area contributed by atoms with E-state index in [2.05, 4.69) is 0 Å². The Morgan fingerprint density at radius 2 is 0.689 bits per heavy atom. The van der Waals surface area contributed by atoms with Crippen LogP contribution in [0.4, 0.5) is 0 Å². The van der Waals surface area contributed by atoms with Crippen LogP contribution in [-0.2, 0) is 24.3 Å².